The Morgan fingerprint density at radius 1 is 1.11 bits per heavy atom. The number of unbranched alkanes of at least 4 members (excludes halogenated alkanes) is 1. The van der Waals surface area contributed by atoms with E-state index in [0.29, 0.717) is 5.75 Å². The summed E-state index contributed by atoms with van der Waals surface area (Å²) < 4.78 is 26.2. The maximum atomic E-state index is 12.3. The molecule has 1 N–H and O–H groups in total. The van der Waals surface area contributed by atoms with Crippen molar-refractivity contribution in [3.05, 3.63) is 0 Å². The number of hydrogen-bond donors (Lipinski definition) is 1. The Morgan fingerprint density at radius 3 is 2.32 bits per heavy atom. The Morgan fingerprint density at radius 2 is 1.74 bits per heavy atom. The van der Waals surface area contributed by atoms with Crippen molar-refractivity contribution in [1.82, 2.24) is 9.62 Å². The Bertz CT molecular complexity index is 322. The second-order valence-corrected chi connectivity index (χ2v) is 7.69. The van der Waals surface area contributed by atoms with Gasteiger partial charge in [0.1, 0.15) is 0 Å². The molecule has 0 aromatic heterocycles. The molecule has 1 rings (SSSR count). The average Bonchev–Trinajstić information content (AvgIpc) is 2.66. The predicted molar refractivity (Wildman–Crippen MR) is 80.8 cm³/mol. The van der Waals surface area contributed by atoms with Gasteiger partial charge in [0.15, 0.2) is 0 Å². The van der Waals surface area contributed by atoms with Crippen LogP contribution < -0.4 is 5.32 Å². The van der Waals surface area contributed by atoms with Crippen molar-refractivity contribution in [3.8, 4) is 0 Å². The van der Waals surface area contributed by atoms with Crippen LogP contribution in [-0.2, 0) is 10.0 Å². The highest BCUT2D eigenvalue weighted by Crippen LogP contribution is 2.23. The summed E-state index contributed by atoms with van der Waals surface area (Å²) in [6.45, 7) is 3.93. The summed E-state index contributed by atoms with van der Waals surface area (Å²) in [4.78, 5) is 0. The molecule has 0 unspecified atom stereocenters. The number of nitrogens with zero attached hydrogens (tertiary/aromatic N) is 1. The third-order valence-electron chi connectivity index (χ3n) is 4.03. The minimum atomic E-state index is -3.06. The van der Waals surface area contributed by atoms with Crippen LogP contribution >= 0.6 is 0 Å². The SMILES string of the molecule is CCNCCCCS(=O)(=O)N(C)C1CCCCCC1. The zero-order valence-electron chi connectivity index (χ0n) is 12.5. The van der Waals surface area contributed by atoms with E-state index < -0.39 is 10.0 Å². The Kier molecular flexibility index (Phi) is 7.95. The second kappa shape index (κ2) is 8.93. The number of nitrogens with one attached hydrogen (secondary N) is 1. The Labute approximate surface area is 119 Å². The lowest BCUT2D eigenvalue weighted by Gasteiger charge is -2.26. The molecule has 0 bridgehead atoms. The Hall–Kier alpha value is -0.130. The lowest BCUT2D eigenvalue weighted by atomic mass is 10.1. The number of rotatable bonds is 8. The first-order chi connectivity index (χ1) is 9.08. The van der Waals surface area contributed by atoms with Gasteiger partial charge in [-0.15, -0.1) is 0 Å². The highest BCUT2D eigenvalue weighted by atomic mass is 32.2. The summed E-state index contributed by atoms with van der Waals surface area (Å²) in [6.07, 6.45) is 8.62. The average molecular weight is 290 g/mol. The standard InChI is InChI=1S/C14H30N2O2S/c1-3-15-12-8-9-13-19(17,18)16(2)14-10-6-4-5-7-11-14/h14-15H,3-13H2,1-2H3. The Balaban J connectivity index is 2.37. The van der Waals surface area contributed by atoms with Gasteiger partial charge in [0.05, 0.1) is 5.75 Å². The fraction of sp³-hybridized carbons (Fsp3) is 1.00. The summed E-state index contributed by atoms with van der Waals surface area (Å²) in [6, 6.07) is 0.237. The molecule has 0 spiro atoms. The van der Waals surface area contributed by atoms with Gasteiger partial charge in [-0.3, -0.25) is 0 Å². The molecule has 1 aliphatic carbocycles. The minimum absolute atomic E-state index is 0.237. The lowest BCUT2D eigenvalue weighted by Crippen LogP contribution is -2.38. The third kappa shape index (κ3) is 6.23. The van der Waals surface area contributed by atoms with Crippen LogP contribution in [0.15, 0.2) is 0 Å². The second-order valence-electron chi connectivity index (χ2n) is 5.54. The van der Waals surface area contributed by atoms with Crippen LogP contribution in [0.1, 0.15) is 58.3 Å². The molecule has 0 atom stereocenters. The van der Waals surface area contributed by atoms with E-state index in [1.54, 1.807) is 11.4 Å². The van der Waals surface area contributed by atoms with E-state index in [-0.39, 0.29) is 6.04 Å². The minimum Gasteiger partial charge on any atom is -0.317 e. The zero-order valence-corrected chi connectivity index (χ0v) is 13.3. The zero-order chi connectivity index (χ0) is 14.1. The summed E-state index contributed by atoms with van der Waals surface area (Å²) in [7, 11) is -1.28. The van der Waals surface area contributed by atoms with Crippen LogP contribution in [0.5, 0.6) is 0 Å². The largest absolute Gasteiger partial charge is 0.317 e. The van der Waals surface area contributed by atoms with Crippen molar-refractivity contribution in [1.29, 1.82) is 0 Å². The van der Waals surface area contributed by atoms with Gasteiger partial charge in [0.2, 0.25) is 10.0 Å². The van der Waals surface area contributed by atoms with Crippen molar-refractivity contribution in [2.24, 2.45) is 0 Å². The van der Waals surface area contributed by atoms with E-state index >= 15 is 0 Å². The topological polar surface area (TPSA) is 49.4 Å². The van der Waals surface area contributed by atoms with Crippen molar-refractivity contribution in [2.75, 3.05) is 25.9 Å². The molecule has 0 heterocycles. The third-order valence-corrected chi connectivity index (χ3v) is 6.01. The van der Waals surface area contributed by atoms with E-state index in [1.807, 2.05) is 0 Å². The first kappa shape index (κ1) is 16.9. The quantitative estimate of drug-likeness (QED) is 0.551. The molecular weight excluding hydrogens is 260 g/mol. The first-order valence-corrected chi connectivity index (χ1v) is 9.35. The first-order valence-electron chi connectivity index (χ1n) is 7.74. The smallest absolute Gasteiger partial charge is 0.214 e. The maximum Gasteiger partial charge on any atom is 0.214 e. The monoisotopic (exact) mass is 290 g/mol. The van der Waals surface area contributed by atoms with Crippen LogP contribution in [0.2, 0.25) is 0 Å². The lowest BCUT2D eigenvalue weighted by molar-refractivity contribution is 0.335. The molecule has 19 heavy (non-hydrogen) atoms. The van der Waals surface area contributed by atoms with Gasteiger partial charge in [-0.25, -0.2) is 12.7 Å². The van der Waals surface area contributed by atoms with Crippen LogP contribution in [0.3, 0.4) is 0 Å². The molecule has 1 saturated carbocycles. The molecular formula is C14H30N2O2S. The molecule has 0 aromatic rings. The van der Waals surface area contributed by atoms with Crippen LogP contribution in [-0.4, -0.2) is 44.7 Å². The van der Waals surface area contributed by atoms with Gasteiger partial charge in [-0.2, -0.15) is 0 Å². The fourth-order valence-electron chi connectivity index (χ4n) is 2.70. The van der Waals surface area contributed by atoms with E-state index in [1.165, 1.54) is 25.7 Å². The van der Waals surface area contributed by atoms with E-state index in [4.69, 9.17) is 0 Å². The summed E-state index contributed by atoms with van der Waals surface area (Å²) in [5, 5.41) is 3.23. The van der Waals surface area contributed by atoms with Gasteiger partial charge in [-0.1, -0.05) is 32.6 Å². The van der Waals surface area contributed by atoms with Gasteiger partial charge in [0.25, 0.3) is 0 Å². The molecule has 0 aromatic carbocycles. The summed E-state index contributed by atoms with van der Waals surface area (Å²) in [5.41, 5.74) is 0. The highest BCUT2D eigenvalue weighted by molar-refractivity contribution is 7.89. The van der Waals surface area contributed by atoms with Gasteiger partial charge in [-0.05, 0) is 38.8 Å². The normalized spacial score (nSPS) is 18.7. The maximum absolute atomic E-state index is 12.3. The van der Waals surface area contributed by atoms with Gasteiger partial charge >= 0.3 is 0 Å². The number of sulfonamides is 1. The molecule has 114 valence electrons. The van der Waals surface area contributed by atoms with Crippen molar-refractivity contribution in [2.45, 2.75) is 64.3 Å². The van der Waals surface area contributed by atoms with Crippen LogP contribution in [0, 0.1) is 0 Å². The van der Waals surface area contributed by atoms with E-state index in [9.17, 15) is 8.42 Å². The van der Waals surface area contributed by atoms with Gasteiger partial charge < -0.3 is 5.32 Å². The molecule has 1 aliphatic rings. The molecule has 0 saturated heterocycles. The number of hydrogen-bond acceptors (Lipinski definition) is 3. The molecule has 1 fully saturated rings. The molecule has 0 amide bonds. The van der Waals surface area contributed by atoms with Crippen molar-refractivity contribution in [3.63, 3.8) is 0 Å². The summed E-state index contributed by atoms with van der Waals surface area (Å²) >= 11 is 0. The van der Waals surface area contributed by atoms with E-state index in [2.05, 4.69) is 12.2 Å². The molecule has 5 heteroatoms. The van der Waals surface area contributed by atoms with Crippen molar-refractivity contribution < 1.29 is 8.42 Å². The molecule has 0 radical (unpaired) electrons. The van der Waals surface area contributed by atoms with Crippen LogP contribution in [0.4, 0.5) is 0 Å². The fourth-order valence-corrected chi connectivity index (χ4v) is 4.23. The summed E-state index contributed by atoms with van der Waals surface area (Å²) in [5.74, 6) is 0.297. The van der Waals surface area contributed by atoms with Crippen LogP contribution in [0.25, 0.3) is 0 Å². The predicted octanol–water partition coefficient (Wildman–Crippen LogP) is 2.36. The van der Waals surface area contributed by atoms with E-state index in [0.717, 1.165) is 38.8 Å². The molecule has 4 nitrogen and oxygen atoms in total. The van der Waals surface area contributed by atoms with Crippen molar-refractivity contribution >= 4 is 10.0 Å². The van der Waals surface area contributed by atoms with Gasteiger partial charge in [0, 0.05) is 13.1 Å². The molecule has 0 aliphatic heterocycles. The highest BCUT2D eigenvalue weighted by Gasteiger charge is 2.26.